The molecule has 1 N–H and O–H groups in total. The van der Waals surface area contributed by atoms with Crippen LogP contribution in [-0.4, -0.2) is 46.1 Å². The third-order valence-corrected chi connectivity index (χ3v) is 3.91. The largest absolute Gasteiger partial charge is 0.332 e. The van der Waals surface area contributed by atoms with Gasteiger partial charge in [0.15, 0.2) is 0 Å². The third-order valence-electron chi connectivity index (χ3n) is 3.18. The van der Waals surface area contributed by atoms with E-state index >= 15 is 0 Å². The number of nitrogens with one attached hydrogen (secondary N) is 1. The van der Waals surface area contributed by atoms with Crippen LogP contribution in [0.4, 0.5) is 0 Å². The zero-order valence-corrected chi connectivity index (χ0v) is 12.0. The highest BCUT2D eigenvalue weighted by Crippen LogP contribution is 2.23. The Morgan fingerprint density at radius 3 is 2.78 bits per heavy atom. The Hall–Kier alpha value is -1.01. The number of hydrogen-bond donors (Lipinski definition) is 1. The van der Waals surface area contributed by atoms with Crippen LogP contribution in [0.2, 0.25) is 0 Å². The van der Waals surface area contributed by atoms with Gasteiger partial charge in [-0.15, -0.1) is 5.10 Å². The average Bonchev–Trinajstić information content (AvgIpc) is 2.74. The number of carbonyl (C=O) groups is 1. The van der Waals surface area contributed by atoms with Crippen LogP contribution in [0.5, 0.6) is 0 Å². The minimum atomic E-state index is 0.0991. The van der Waals surface area contributed by atoms with Crippen LogP contribution < -0.4 is 5.32 Å². The van der Waals surface area contributed by atoms with Crippen molar-refractivity contribution in [2.75, 3.05) is 19.6 Å². The van der Waals surface area contributed by atoms with Gasteiger partial charge in [-0.05, 0) is 23.9 Å². The van der Waals surface area contributed by atoms with E-state index in [4.69, 9.17) is 0 Å². The summed E-state index contributed by atoms with van der Waals surface area (Å²) in [6.45, 7) is 8.79. The van der Waals surface area contributed by atoms with Crippen molar-refractivity contribution in [3.05, 3.63) is 10.6 Å². The van der Waals surface area contributed by atoms with Crippen LogP contribution in [0.25, 0.3) is 0 Å². The minimum absolute atomic E-state index is 0.0991. The maximum atomic E-state index is 12.6. The van der Waals surface area contributed by atoms with Gasteiger partial charge < -0.3 is 10.2 Å². The Morgan fingerprint density at radius 2 is 2.28 bits per heavy atom. The first kappa shape index (κ1) is 13.4. The second-order valence-corrected chi connectivity index (χ2v) is 5.71. The summed E-state index contributed by atoms with van der Waals surface area (Å²) in [6, 6.07) is 0.333. The molecule has 18 heavy (non-hydrogen) atoms. The van der Waals surface area contributed by atoms with E-state index in [-0.39, 0.29) is 11.8 Å². The lowest BCUT2D eigenvalue weighted by Crippen LogP contribution is -2.59. The molecule has 2 heterocycles. The zero-order valence-electron chi connectivity index (χ0n) is 11.1. The number of rotatable bonds is 5. The van der Waals surface area contributed by atoms with E-state index in [1.165, 1.54) is 11.5 Å². The van der Waals surface area contributed by atoms with E-state index in [2.05, 4.69) is 21.8 Å². The molecule has 0 aromatic carbocycles. The van der Waals surface area contributed by atoms with E-state index in [1.54, 1.807) is 0 Å². The number of hydrogen-bond acceptors (Lipinski definition) is 5. The fourth-order valence-corrected chi connectivity index (χ4v) is 2.81. The van der Waals surface area contributed by atoms with Gasteiger partial charge in [0.25, 0.3) is 5.91 Å². The van der Waals surface area contributed by atoms with Crippen LogP contribution in [0.15, 0.2) is 0 Å². The molecule has 1 aromatic heterocycles. The molecule has 0 atom stereocenters. The van der Waals surface area contributed by atoms with Crippen LogP contribution in [0.3, 0.4) is 0 Å². The molecule has 1 aliphatic heterocycles. The van der Waals surface area contributed by atoms with Crippen molar-refractivity contribution < 1.29 is 4.79 Å². The van der Waals surface area contributed by atoms with Crippen LogP contribution in [-0.2, 0) is 0 Å². The van der Waals surface area contributed by atoms with Gasteiger partial charge in [-0.1, -0.05) is 25.3 Å². The number of aromatic nitrogens is 2. The van der Waals surface area contributed by atoms with Crippen molar-refractivity contribution in [3.63, 3.8) is 0 Å². The Balaban J connectivity index is 2.18. The molecule has 0 aliphatic carbocycles. The lowest BCUT2D eigenvalue weighted by atomic mass is 10.1. The lowest BCUT2D eigenvalue weighted by Gasteiger charge is -2.38. The quantitative estimate of drug-likeness (QED) is 0.879. The Morgan fingerprint density at radius 1 is 1.56 bits per heavy atom. The summed E-state index contributed by atoms with van der Waals surface area (Å²) in [5.41, 5.74) is 0.832. The molecule has 1 saturated heterocycles. The normalized spacial score (nSPS) is 15.8. The second kappa shape index (κ2) is 5.75. The predicted molar refractivity (Wildman–Crippen MR) is 72.0 cm³/mol. The molecule has 2 rings (SSSR count). The van der Waals surface area contributed by atoms with Gasteiger partial charge in [0, 0.05) is 19.6 Å². The fourth-order valence-electron chi connectivity index (χ4n) is 2.04. The third kappa shape index (κ3) is 2.54. The number of carbonyl (C=O) groups excluding carboxylic acids is 1. The highest BCUT2D eigenvalue weighted by molar-refractivity contribution is 7.08. The van der Waals surface area contributed by atoms with Crippen molar-refractivity contribution in [2.24, 2.45) is 0 Å². The Bertz CT molecular complexity index is 414. The Labute approximate surface area is 112 Å². The molecule has 100 valence electrons. The number of nitrogens with zero attached hydrogens (tertiary/aromatic N) is 3. The van der Waals surface area contributed by atoms with Crippen molar-refractivity contribution in [3.8, 4) is 0 Å². The van der Waals surface area contributed by atoms with Gasteiger partial charge >= 0.3 is 0 Å². The molecule has 1 fully saturated rings. The van der Waals surface area contributed by atoms with Crippen molar-refractivity contribution in [1.29, 1.82) is 0 Å². The van der Waals surface area contributed by atoms with E-state index in [1.807, 2.05) is 18.7 Å². The maximum absolute atomic E-state index is 12.6. The lowest BCUT2D eigenvalue weighted by molar-refractivity contribution is 0.0619. The van der Waals surface area contributed by atoms with E-state index < -0.39 is 0 Å². The first-order chi connectivity index (χ1) is 8.65. The van der Waals surface area contributed by atoms with Crippen molar-refractivity contribution in [2.45, 2.75) is 39.2 Å². The van der Waals surface area contributed by atoms with Gasteiger partial charge in [-0.3, -0.25) is 4.79 Å². The molecule has 0 saturated carbocycles. The van der Waals surface area contributed by atoms with Gasteiger partial charge in [0.2, 0.25) is 0 Å². The van der Waals surface area contributed by atoms with Gasteiger partial charge in [0.1, 0.15) is 4.88 Å². The SMILES string of the molecule is CCCN(C(=O)c1snnc1C(C)C)C1CNC1. The van der Waals surface area contributed by atoms with E-state index in [9.17, 15) is 4.79 Å². The summed E-state index contributed by atoms with van der Waals surface area (Å²) in [7, 11) is 0. The molecule has 1 aromatic rings. The predicted octanol–water partition coefficient (Wildman–Crippen LogP) is 1.49. The van der Waals surface area contributed by atoms with Crippen molar-refractivity contribution >= 4 is 17.4 Å². The van der Waals surface area contributed by atoms with Gasteiger partial charge in [-0.2, -0.15) is 0 Å². The summed E-state index contributed by atoms with van der Waals surface area (Å²) < 4.78 is 3.94. The number of amides is 1. The smallest absolute Gasteiger partial charge is 0.267 e. The maximum Gasteiger partial charge on any atom is 0.267 e. The highest BCUT2D eigenvalue weighted by atomic mass is 32.1. The second-order valence-electron chi connectivity index (χ2n) is 4.95. The zero-order chi connectivity index (χ0) is 13.1. The monoisotopic (exact) mass is 268 g/mol. The Kier molecular flexibility index (Phi) is 4.29. The molecule has 0 unspecified atom stereocenters. The van der Waals surface area contributed by atoms with Gasteiger partial charge in [0.05, 0.1) is 11.7 Å². The van der Waals surface area contributed by atoms with Gasteiger partial charge in [-0.25, -0.2) is 0 Å². The van der Waals surface area contributed by atoms with Crippen LogP contribution in [0, 0.1) is 0 Å². The first-order valence-electron chi connectivity index (χ1n) is 6.49. The molecule has 1 aliphatic rings. The highest BCUT2D eigenvalue weighted by Gasteiger charge is 2.31. The summed E-state index contributed by atoms with van der Waals surface area (Å²) in [5.74, 6) is 0.341. The summed E-state index contributed by atoms with van der Waals surface area (Å²) in [4.78, 5) is 15.3. The summed E-state index contributed by atoms with van der Waals surface area (Å²) in [5, 5.41) is 7.30. The molecule has 0 spiro atoms. The van der Waals surface area contributed by atoms with Crippen LogP contribution in [0.1, 0.15) is 48.5 Å². The van der Waals surface area contributed by atoms with Crippen LogP contribution >= 0.6 is 11.5 Å². The summed E-state index contributed by atoms with van der Waals surface area (Å²) in [6.07, 6.45) is 0.978. The van der Waals surface area contributed by atoms with E-state index in [0.717, 1.165) is 31.7 Å². The molecular weight excluding hydrogens is 248 g/mol. The standard InChI is InChI=1S/C12H20N4OS/c1-4-5-16(9-6-13-7-9)12(17)11-10(8(2)3)14-15-18-11/h8-9,13H,4-7H2,1-3H3. The first-order valence-corrected chi connectivity index (χ1v) is 7.26. The van der Waals surface area contributed by atoms with E-state index in [0.29, 0.717) is 10.9 Å². The topological polar surface area (TPSA) is 58.1 Å². The molecule has 6 heteroatoms. The summed E-state index contributed by atoms with van der Waals surface area (Å²) >= 11 is 1.22. The minimum Gasteiger partial charge on any atom is -0.332 e. The molecular formula is C12H20N4OS. The molecule has 1 amide bonds. The van der Waals surface area contributed by atoms with Crippen molar-refractivity contribution in [1.82, 2.24) is 19.8 Å². The molecule has 0 bridgehead atoms. The average molecular weight is 268 g/mol. The molecule has 5 nitrogen and oxygen atoms in total. The fraction of sp³-hybridized carbons (Fsp3) is 0.750. The molecule has 0 radical (unpaired) electrons.